The number of nitrogens with zero attached hydrogens (tertiary/aromatic N) is 3. The molecule has 1 aromatic heterocycles. The first-order valence-electron chi connectivity index (χ1n) is 7.74. The molecule has 0 fully saturated rings. The average Bonchev–Trinajstić information content (AvgIpc) is 3.04. The molecule has 2 aromatic carbocycles. The summed E-state index contributed by atoms with van der Waals surface area (Å²) in [6, 6.07) is 14.7. The summed E-state index contributed by atoms with van der Waals surface area (Å²) in [6.07, 6.45) is 2.83. The third-order valence-corrected chi connectivity index (χ3v) is 4.63. The van der Waals surface area contributed by atoms with Gasteiger partial charge in [0.05, 0.1) is 11.9 Å². The standard InChI is InChI=1S/C19H18FN3S/c1-3-14-4-6-15(7-5-14)12-22-23-18(13-24-19(23)21-2)16-8-10-17(20)11-9-16/h4-13H,3H2,1-2H3/b21-19?,22-12-. The van der Waals surface area contributed by atoms with Crippen molar-refractivity contribution in [1.29, 1.82) is 0 Å². The highest BCUT2D eigenvalue weighted by atomic mass is 32.1. The van der Waals surface area contributed by atoms with Crippen molar-refractivity contribution in [2.45, 2.75) is 13.3 Å². The highest BCUT2D eigenvalue weighted by molar-refractivity contribution is 7.07. The van der Waals surface area contributed by atoms with Gasteiger partial charge in [-0.25, -0.2) is 9.07 Å². The Morgan fingerprint density at radius 1 is 1.08 bits per heavy atom. The third-order valence-electron chi connectivity index (χ3n) is 3.73. The van der Waals surface area contributed by atoms with E-state index in [1.807, 2.05) is 11.6 Å². The van der Waals surface area contributed by atoms with Crippen molar-refractivity contribution in [3.05, 3.63) is 75.7 Å². The van der Waals surface area contributed by atoms with Gasteiger partial charge in [0.1, 0.15) is 5.82 Å². The minimum atomic E-state index is -0.250. The Kier molecular flexibility index (Phi) is 5.01. The Balaban J connectivity index is 1.98. The SMILES string of the molecule is CCc1ccc(/C=N\n2c(-c3ccc(F)cc3)csc2=NC)cc1. The molecule has 3 rings (SSSR count). The van der Waals surface area contributed by atoms with Crippen LogP contribution in [0.4, 0.5) is 4.39 Å². The van der Waals surface area contributed by atoms with E-state index in [1.165, 1.54) is 29.0 Å². The number of halogens is 1. The van der Waals surface area contributed by atoms with Crippen molar-refractivity contribution >= 4 is 17.6 Å². The molecule has 0 aliphatic carbocycles. The first kappa shape index (κ1) is 16.3. The molecule has 0 saturated carbocycles. The smallest absolute Gasteiger partial charge is 0.205 e. The summed E-state index contributed by atoms with van der Waals surface area (Å²) < 4.78 is 14.9. The maximum absolute atomic E-state index is 13.2. The molecule has 1 heterocycles. The van der Waals surface area contributed by atoms with Gasteiger partial charge in [-0.3, -0.25) is 4.99 Å². The van der Waals surface area contributed by atoms with Crippen LogP contribution in [-0.4, -0.2) is 17.9 Å². The molecule has 122 valence electrons. The fraction of sp³-hybridized carbons (Fsp3) is 0.158. The van der Waals surface area contributed by atoms with Crippen molar-refractivity contribution in [1.82, 2.24) is 4.68 Å². The van der Waals surface area contributed by atoms with Crippen LogP contribution in [0.1, 0.15) is 18.1 Å². The van der Waals surface area contributed by atoms with Crippen LogP contribution in [0, 0.1) is 5.82 Å². The van der Waals surface area contributed by atoms with Crippen LogP contribution in [0.5, 0.6) is 0 Å². The molecule has 24 heavy (non-hydrogen) atoms. The van der Waals surface area contributed by atoms with E-state index in [-0.39, 0.29) is 5.82 Å². The second-order valence-electron chi connectivity index (χ2n) is 5.29. The van der Waals surface area contributed by atoms with Gasteiger partial charge in [-0.15, -0.1) is 11.3 Å². The molecule has 0 N–H and O–H groups in total. The number of rotatable bonds is 4. The van der Waals surface area contributed by atoms with Crippen molar-refractivity contribution in [3.63, 3.8) is 0 Å². The van der Waals surface area contributed by atoms with Crippen molar-refractivity contribution in [3.8, 4) is 11.3 Å². The van der Waals surface area contributed by atoms with E-state index in [0.717, 1.165) is 28.0 Å². The van der Waals surface area contributed by atoms with Gasteiger partial charge in [0.15, 0.2) is 0 Å². The monoisotopic (exact) mass is 339 g/mol. The third kappa shape index (κ3) is 3.51. The summed E-state index contributed by atoms with van der Waals surface area (Å²) in [5.41, 5.74) is 4.12. The maximum Gasteiger partial charge on any atom is 0.205 e. The van der Waals surface area contributed by atoms with Crippen molar-refractivity contribution in [2.24, 2.45) is 10.1 Å². The molecule has 0 spiro atoms. The topological polar surface area (TPSA) is 29.6 Å². The van der Waals surface area contributed by atoms with E-state index in [0.29, 0.717) is 0 Å². The molecule has 0 bridgehead atoms. The zero-order valence-electron chi connectivity index (χ0n) is 13.6. The van der Waals surface area contributed by atoms with Gasteiger partial charge in [0, 0.05) is 18.0 Å². The Morgan fingerprint density at radius 2 is 1.79 bits per heavy atom. The van der Waals surface area contributed by atoms with E-state index < -0.39 is 0 Å². The lowest BCUT2D eigenvalue weighted by Gasteiger charge is -2.03. The Labute approximate surface area is 144 Å². The lowest BCUT2D eigenvalue weighted by Crippen LogP contribution is -2.11. The summed E-state index contributed by atoms with van der Waals surface area (Å²) in [4.78, 5) is 5.06. The van der Waals surface area contributed by atoms with Gasteiger partial charge < -0.3 is 0 Å². The van der Waals surface area contributed by atoms with E-state index in [4.69, 9.17) is 0 Å². The first-order valence-corrected chi connectivity index (χ1v) is 8.62. The van der Waals surface area contributed by atoms with Crippen LogP contribution in [0.15, 0.2) is 64.0 Å². The minimum Gasteiger partial charge on any atom is -0.261 e. The van der Waals surface area contributed by atoms with Gasteiger partial charge in [-0.2, -0.15) is 5.10 Å². The molecule has 5 heteroatoms. The summed E-state index contributed by atoms with van der Waals surface area (Å²) in [5.74, 6) is -0.250. The Bertz CT molecular complexity index is 903. The summed E-state index contributed by atoms with van der Waals surface area (Å²) in [7, 11) is 1.74. The molecule has 0 aliphatic heterocycles. The van der Waals surface area contributed by atoms with Crippen LogP contribution in [0.3, 0.4) is 0 Å². The molecule has 0 amide bonds. The number of aromatic nitrogens is 1. The zero-order chi connectivity index (χ0) is 16.9. The largest absolute Gasteiger partial charge is 0.261 e. The van der Waals surface area contributed by atoms with Gasteiger partial charge in [-0.05, 0) is 41.8 Å². The summed E-state index contributed by atoms with van der Waals surface area (Å²) >= 11 is 1.51. The van der Waals surface area contributed by atoms with Crippen molar-refractivity contribution in [2.75, 3.05) is 7.05 Å². The number of benzene rings is 2. The van der Waals surface area contributed by atoms with Crippen molar-refractivity contribution < 1.29 is 4.39 Å². The molecule has 0 atom stereocenters. The van der Waals surface area contributed by atoms with E-state index in [9.17, 15) is 4.39 Å². The zero-order valence-corrected chi connectivity index (χ0v) is 14.4. The summed E-state index contributed by atoms with van der Waals surface area (Å²) in [6.45, 7) is 2.13. The highest BCUT2D eigenvalue weighted by Crippen LogP contribution is 2.20. The first-order chi connectivity index (χ1) is 11.7. The molecule has 3 aromatic rings. The number of hydrogen-bond acceptors (Lipinski definition) is 3. The Morgan fingerprint density at radius 3 is 2.42 bits per heavy atom. The van der Waals surface area contributed by atoms with Crippen LogP contribution < -0.4 is 4.80 Å². The lowest BCUT2D eigenvalue weighted by molar-refractivity contribution is 0.628. The number of aryl methyl sites for hydroxylation is 1. The number of hydrogen-bond donors (Lipinski definition) is 0. The normalized spacial score (nSPS) is 12.2. The number of thiazole rings is 1. The van der Waals surface area contributed by atoms with Crippen LogP contribution >= 0.6 is 11.3 Å². The predicted molar refractivity (Wildman–Crippen MR) is 98.0 cm³/mol. The second kappa shape index (κ2) is 7.36. The molecule has 3 nitrogen and oxygen atoms in total. The average molecular weight is 339 g/mol. The van der Waals surface area contributed by atoms with Crippen LogP contribution in [-0.2, 0) is 6.42 Å². The van der Waals surface area contributed by atoms with Crippen LogP contribution in [0.25, 0.3) is 11.3 Å². The van der Waals surface area contributed by atoms with Gasteiger partial charge >= 0.3 is 0 Å². The minimum absolute atomic E-state index is 0.250. The highest BCUT2D eigenvalue weighted by Gasteiger charge is 2.07. The molecule has 0 saturated heterocycles. The predicted octanol–water partition coefficient (Wildman–Crippen LogP) is 4.33. The van der Waals surface area contributed by atoms with Gasteiger partial charge in [0.2, 0.25) is 4.80 Å². The summed E-state index contributed by atoms with van der Waals surface area (Å²) in [5, 5.41) is 6.56. The Hall–Kier alpha value is -2.53. The molecule has 0 aliphatic rings. The van der Waals surface area contributed by atoms with E-state index in [1.54, 1.807) is 23.9 Å². The van der Waals surface area contributed by atoms with Crippen LogP contribution in [0.2, 0.25) is 0 Å². The molecule has 0 radical (unpaired) electrons. The van der Waals surface area contributed by atoms with Gasteiger partial charge in [0.25, 0.3) is 0 Å². The quantitative estimate of drug-likeness (QED) is 0.633. The van der Waals surface area contributed by atoms with E-state index >= 15 is 0 Å². The van der Waals surface area contributed by atoms with E-state index in [2.05, 4.69) is 41.3 Å². The molecular formula is C19H18FN3S. The van der Waals surface area contributed by atoms with Gasteiger partial charge in [-0.1, -0.05) is 31.2 Å². The molecular weight excluding hydrogens is 321 g/mol. The fourth-order valence-electron chi connectivity index (χ4n) is 2.35. The second-order valence-corrected chi connectivity index (χ2v) is 6.12. The lowest BCUT2D eigenvalue weighted by atomic mass is 10.1. The maximum atomic E-state index is 13.2. The molecule has 0 unspecified atom stereocenters. The fourth-order valence-corrected chi connectivity index (χ4v) is 3.15.